The molecule has 4 N–H and O–H groups in total. The number of benzene rings is 2. The average molecular weight is 434 g/mol. The van der Waals surface area contributed by atoms with Gasteiger partial charge in [0.05, 0.1) is 6.54 Å². The molecule has 0 bridgehead atoms. The molecule has 0 atom stereocenters. The second kappa shape index (κ2) is 8.44. The molecule has 0 aliphatic carbocycles. The predicted molar refractivity (Wildman–Crippen MR) is 107 cm³/mol. The molecule has 6 nitrogen and oxygen atoms in total. The van der Waals surface area contributed by atoms with Crippen molar-refractivity contribution < 1.29 is 0 Å². The van der Waals surface area contributed by atoms with Crippen molar-refractivity contribution in [2.24, 2.45) is 10.7 Å². The summed E-state index contributed by atoms with van der Waals surface area (Å²) in [4.78, 5) is 8.52. The molecule has 0 radical (unpaired) electrons. The Balaban J connectivity index is 0.00000208. The van der Waals surface area contributed by atoms with Gasteiger partial charge in [0.25, 0.3) is 0 Å². The second-order valence-electron chi connectivity index (χ2n) is 5.23. The van der Waals surface area contributed by atoms with Crippen molar-refractivity contribution in [1.29, 1.82) is 0 Å². The van der Waals surface area contributed by atoms with Gasteiger partial charge >= 0.3 is 0 Å². The molecule has 24 heavy (non-hydrogen) atoms. The molecule has 1 aromatic heterocycles. The molecule has 0 aliphatic rings. The number of aromatic nitrogens is 3. The number of anilines is 1. The summed E-state index contributed by atoms with van der Waals surface area (Å²) in [5, 5.41) is 9.79. The van der Waals surface area contributed by atoms with Crippen LogP contribution < -0.4 is 11.1 Å². The van der Waals surface area contributed by atoms with Gasteiger partial charge in [0, 0.05) is 11.3 Å². The number of aliphatic imine (C=N–C) groups is 1. The Kier molecular flexibility index (Phi) is 6.30. The van der Waals surface area contributed by atoms with Gasteiger partial charge in [-0.3, -0.25) is 5.10 Å². The van der Waals surface area contributed by atoms with Crippen LogP contribution in [-0.2, 0) is 6.54 Å². The van der Waals surface area contributed by atoms with Gasteiger partial charge in [0.2, 0.25) is 0 Å². The van der Waals surface area contributed by atoms with Gasteiger partial charge in [0.1, 0.15) is 6.33 Å². The molecule has 7 heteroatoms. The minimum atomic E-state index is 0. The van der Waals surface area contributed by atoms with Gasteiger partial charge in [-0.2, -0.15) is 5.10 Å². The number of hydrogen-bond donors (Lipinski definition) is 3. The zero-order chi connectivity index (χ0) is 16.1. The average Bonchev–Trinajstić information content (AvgIpc) is 3.10. The largest absolute Gasteiger partial charge is 0.370 e. The number of nitrogens with one attached hydrogen (secondary N) is 2. The number of aromatic amines is 1. The number of nitrogens with two attached hydrogens (primary N) is 1. The minimum Gasteiger partial charge on any atom is -0.370 e. The van der Waals surface area contributed by atoms with E-state index in [0.29, 0.717) is 12.5 Å². The first kappa shape index (κ1) is 17.9. The van der Waals surface area contributed by atoms with Gasteiger partial charge in [-0.05, 0) is 30.7 Å². The van der Waals surface area contributed by atoms with Crippen LogP contribution in [-0.4, -0.2) is 21.1 Å². The number of nitrogens with zero attached hydrogens (tertiary/aromatic N) is 3. The lowest BCUT2D eigenvalue weighted by atomic mass is 10.1. The Bertz CT molecular complexity index is 796. The maximum Gasteiger partial charge on any atom is 0.193 e. The molecule has 0 unspecified atom stereocenters. The van der Waals surface area contributed by atoms with E-state index >= 15 is 0 Å². The van der Waals surface area contributed by atoms with E-state index in [1.165, 1.54) is 11.9 Å². The Morgan fingerprint density at radius 3 is 2.71 bits per heavy atom. The molecular formula is C17H19IN6. The van der Waals surface area contributed by atoms with Gasteiger partial charge < -0.3 is 11.1 Å². The van der Waals surface area contributed by atoms with Crippen LogP contribution in [0.3, 0.4) is 0 Å². The van der Waals surface area contributed by atoms with Gasteiger partial charge in [-0.1, -0.05) is 35.9 Å². The summed E-state index contributed by atoms with van der Waals surface area (Å²) in [5.41, 5.74) is 10.1. The highest BCUT2D eigenvalue weighted by Gasteiger charge is 2.02. The number of halogens is 1. The Morgan fingerprint density at radius 1 is 1.21 bits per heavy atom. The molecule has 0 spiro atoms. The number of rotatable bonds is 4. The summed E-state index contributed by atoms with van der Waals surface area (Å²) in [6, 6.07) is 16.0. The first-order valence-electron chi connectivity index (χ1n) is 7.29. The Morgan fingerprint density at radius 2 is 2.00 bits per heavy atom. The van der Waals surface area contributed by atoms with Crippen LogP contribution in [0.25, 0.3) is 11.4 Å². The van der Waals surface area contributed by atoms with Crippen LogP contribution in [0, 0.1) is 6.92 Å². The highest BCUT2D eigenvalue weighted by Crippen LogP contribution is 2.16. The molecule has 1 heterocycles. The van der Waals surface area contributed by atoms with Crippen LogP contribution in [0.15, 0.2) is 59.9 Å². The van der Waals surface area contributed by atoms with Crippen molar-refractivity contribution in [3.8, 4) is 11.4 Å². The van der Waals surface area contributed by atoms with E-state index in [9.17, 15) is 0 Å². The van der Waals surface area contributed by atoms with Crippen molar-refractivity contribution in [2.45, 2.75) is 13.5 Å². The van der Waals surface area contributed by atoms with E-state index < -0.39 is 0 Å². The monoisotopic (exact) mass is 434 g/mol. The minimum absolute atomic E-state index is 0. The molecule has 3 rings (SSSR count). The highest BCUT2D eigenvalue weighted by molar-refractivity contribution is 14.0. The molecular weight excluding hydrogens is 415 g/mol. The number of hydrogen-bond acceptors (Lipinski definition) is 3. The predicted octanol–water partition coefficient (Wildman–Crippen LogP) is 3.32. The molecule has 3 aromatic rings. The van der Waals surface area contributed by atoms with Crippen LogP contribution in [0.5, 0.6) is 0 Å². The summed E-state index contributed by atoms with van der Waals surface area (Å²) in [5.74, 6) is 1.13. The van der Waals surface area contributed by atoms with Gasteiger partial charge in [0.15, 0.2) is 11.8 Å². The SMILES string of the molecule is Cc1ccc(NC(N)=NCc2cccc(-c3ncn[nH]3)c2)cc1.I. The summed E-state index contributed by atoms with van der Waals surface area (Å²) in [6.07, 6.45) is 1.49. The van der Waals surface area contributed by atoms with E-state index in [-0.39, 0.29) is 24.0 Å². The second-order valence-corrected chi connectivity index (χ2v) is 5.23. The quantitative estimate of drug-likeness (QED) is 0.334. The standard InChI is InChI=1S/C17H18N6.HI/c1-12-5-7-15(8-6-12)22-17(18)19-10-13-3-2-4-14(9-13)16-20-11-21-23-16;/h2-9,11H,10H2,1H3,(H3,18,19,22)(H,20,21,23);1H. The van der Waals surface area contributed by atoms with Crippen LogP contribution in [0.2, 0.25) is 0 Å². The number of aryl methyl sites for hydroxylation is 1. The molecule has 0 saturated carbocycles. The van der Waals surface area contributed by atoms with Crippen LogP contribution in [0.4, 0.5) is 5.69 Å². The Hall–Kier alpha value is -2.42. The summed E-state index contributed by atoms with van der Waals surface area (Å²) in [6.45, 7) is 2.54. The fourth-order valence-electron chi connectivity index (χ4n) is 2.16. The van der Waals surface area contributed by atoms with Gasteiger partial charge in [-0.25, -0.2) is 9.98 Å². The first-order chi connectivity index (χ1) is 11.2. The Labute approximate surface area is 157 Å². The smallest absolute Gasteiger partial charge is 0.193 e. The van der Waals surface area contributed by atoms with Crippen molar-refractivity contribution in [3.05, 3.63) is 66.0 Å². The summed E-state index contributed by atoms with van der Waals surface area (Å²) < 4.78 is 0. The molecule has 2 aromatic carbocycles. The van der Waals surface area contributed by atoms with E-state index in [4.69, 9.17) is 5.73 Å². The van der Waals surface area contributed by atoms with Crippen molar-refractivity contribution >= 4 is 35.6 Å². The lowest BCUT2D eigenvalue weighted by Gasteiger charge is -2.06. The molecule has 0 fully saturated rings. The van der Waals surface area contributed by atoms with E-state index in [1.54, 1.807) is 0 Å². The third kappa shape index (κ3) is 4.79. The van der Waals surface area contributed by atoms with Crippen molar-refractivity contribution in [2.75, 3.05) is 5.32 Å². The molecule has 0 aliphatic heterocycles. The normalized spacial score (nSPS) is 11.0. The zero-order valence-electron chi connectivity index (χ0n) is 13.2. The van der Waals surface area contributed by atoms with E-state index in [2.05, 4.69) is 25.5 Å². The number of guanidine groups is 1. The first-order valence-corrected chi connectivity index (χ1v) is 7.29. The van der Waals surface area contributed by atoms with Crippen LogP contribution >= 0.6 is 24.0 Å². The number of H-pyrrole nitrogens is 1. The lowest BCUT2D eigenvalue weighted by molar-refractivity contribution is 1.06. The van der Waals surface area contributed by atoms with Crippen molar-refractivity contribution in [1.82, 2.24) is 15.2 Å². The maximum absolute atomic E-state index is 5.93. The third-order valence-corrected chi connectivity index (χ3v) is 3.37. The molecule has 0 amide bonds. The van der Waals surface area contributed by atoms with E-state index in [1.807, 2.05) is 55.5 Å². The highest BCUT2D eigenvalue weighted by atomic mass is 127. The third-order valence-electron chi connectivity index (χ3n) is 3.37. The summed E-state index contributed by atoms with van der Waals surface area (Å²) >= 11 is 0. The molecule has 0 saturated heterocycles. The van der Waals surface area contributed by atoms with Gasteiger partial charge in [-0.15, -0.1) is 24.0 Å². The van der Waals surface area contributed by atoms with E-state index in [0.717, 1.165) is 22.6 Å². The fraction of sp³-hybridized carbons (Fsp3) is 0.118. The lowest BCUT2D eigenvalue weighted by Crippen LogP contribution is -2.22. The topological polar surface area (TPSA) is 92.0 Å². The maximum atomic E-state index is 5.93. The fourth-order valence-corrected chi connectivity index (χ4v) is 2.16. The zero-order valence-corrected chi connectivity index (χ0v) is 15.6. The molecule has 124 valence electrons. The van der Waals surface area contributed by atoms with Crippen molar-refractivity contribution in [3.63, 3.8) is 0 Å². The summed E-state index contributed by atoms with van der Waals surface area (Å²) in [7, 11) is 0. The van der Waals surface area contributed by atoms with Crippen LogP contribution in [0.1, 0.15) is 11.1 Å².